The van der Waals surface area contributed by atoms with Crippen LogP contribution >= 0.6 is 0 Å². The van der Waals surface area contributed by atoms with Gasteiger partial charge in [-0.05, 0) is 24.6 Å². The van der Waals surface area contributed by atoms with E-state index in [1.54, 1.807) is 0 Å². The summed E-state index contributed by atoms with van der Waals surface area (Å²) in [7, 11) is 0. The second-order valence-electron chi connectivity index (χ2n) is 5.43. The van der Waals surface area contributed by atoms with Crippen molar-refractivity contribution in [2.45, 2.75) is 32.2 Å². The van der Waals surface area contributed by atoms with Crippen LogP contribution in [0.2, 0.25) is 0 Å². The summed E-state index contributed by atoms with van der Waals surface area (Å²) in [5.41, 5.74) is -0.634. The Labute approximate surface area is 130 Å². The van der Waals surface area contributed by atoms with Crippen LogP contribution in [0.15, 0.2) is 18.2 Å². The summed E-state index contributed by atoms with van der Waals surface area (Å²) < 4.78 is 74.9. The van der Waals surface area contributed by atoms with Gasteiger partial charge < -0.3 is 9.47 Å². The van der Waals surface area contributed by atoms with Crippen LogP contribution in [-0.2, 0) is 9.47 Å². The maximum absolute atomic E-state index is 13.9. The molecule has 1 aliphatic heterocycles. The van der Waals surface area contributed by atoms with Crippen molar-refractivity contribution in [3.05, 3.63) is 41.0 Å². The number of ether oxygens (including phenoxy) is 2. The Balaban J connectivity index is 2.13. The van der Waals surface area contributed by atoms with Crippen LogP contribution in [0, 0.1) is 17.6 Å². The van der Waals surface area contributed by atoms with Crippen molar-refractivity contribution in [3.63, 3.8) is 0 Å². The molecule has 2 nitrogen and oxygen atoms in total. The first-order valence-corrected chi connectivity index (χ1v) is 7.28. The molecule has 0 amide bonds. The molecule has 1 aromatic rings. The first-order chi connectivity index (χ1) is 10.8. The summed E-state index contributed by atoms with van der Waals surface area (Å²) >= 11 is 0. The lowest BCUT2D eigenvalue weighted by atomic mass is 10.0. The molecule has 0 N–H and O–H groups in total. The Kier molecular flexibility index (Phi) is 5.75. The van der Waals surface area contributed by atoms with Gasteiger partial charge in [0.05, 0.1) is 13.2 Å². The normalized spacial score (nSPS) is 22.7. The van der Waals surface area contributed by atoms with Gasteiger partial charge in [-0.3, -0.25) is 0 Å². The van der Waals surface area contributed by atoms with Gasteiger partial charge in [-0.15, -0.1) is 0 Å². The largest absolute Gasteiger partial charge is 0.409 e. The molecule has 128 valence electrons. The molecule has 2 rings (SSSR count). The lowest BCUT2D eigenvalue weighted by Crippen LogP contribution is -2.27. The summed E-state index contributed by atoms with van der Waals surface area (Å²) in [6.45, 7) is 2.86. The lowest BCUT2D eigenvalue weighted by molar-refractivity contribution is -0.206. The predicted molar refractivity (Wildman–Crippen MR) is 74.5 cm³/mol. The minimum Gasteiger partial charge on any atom is -0.348 e. The van der Waals surface area contributed by atoms with Crippen LogP contribution in [0.3, 0.4) is 0 Å². The highest BCUT2D eigenvalue weighted by molar-refractivity contribution is 5.52. The van der Waals surface area contributed by atoms with E-state index >= 15 is 0 Å². The van der Waals surface area contributed by atoms with E-state index in [-0.39, 0.29) is 17.6 Å². The first kappa shape index (κ1) is 17.9. The molecule has 1 heterocycles. The second kappa shape index (κ2) is 7.40. The number of halogens is 5. The Morgan fingerprint density at radius 1 is 1.13 bits per heavy atom. The molecule has 1 aliphatic rings. The molecule has 0 spiro atoms. The minimum atomic E-state index is -4.64. The fourth-order valence-electron chi connectivity index (χ4n) is 2.39. The molecule has 0 aliphatic carbocycles. The molecule has 0 unspecified atom stereocenters. The number of hydrogen-bond donors (Lipinski definition) is 0. The molecule has 0 radical (unpaired) electrons. The average Bonchev–Trinajstić information content (AvgIpc) is 2.46. The predicted octanol–water partition coefficient (Wildman–Crippen LogP) is 5.00. The van der Waals surface area contributed by atoms with E-state index in [9.17, 15) is 22.0 Å². The van der Waals surface area contributed by atoms with Gasteiger partial charge in [-0.1, -0.05) is 13.3 Å². The van der Waals surface area contributed by atoms with Gasteiger partial charge in [0, 0.05) is 23.1 Å². The zero-order chi connectivity index (χ0) is 17.0. The summed E-state index contributed by atoms with van der Waals surface area (Å²) in [6, 6.07) is 1.87. The van der Waals surface area contributed by atoms with E-state index in [4.69, 9.17) is 9.47 Å². The molecule has 0 bridgehead atoms. The number of benzene rings is 1. The summed E-state index contributed by atoms with van der Waals surface area (Å²) in [5.74, 6) is -1.95. The van der Waals surface area contributed by atoms with Gasteiger partial charge in [0.25, 0.3) is 0 Å². The van der Waals surface area contributed by atoms with Crippen molar-refractivity contribution in [2.75, 3.05) is 13.2 Å². The highest BCUT2D eigenvalue weighted by Crippen LogP contribution is 2.30. The molecule has 23 heavy (non-hydrogen) atoms. The average molecular weight is 336 g/mol. The zero-order valence-electron chi connectivity index (χ0n) is 12.5. The van der Waals surface area contributed by atoms with Gasteiger partial charge in [-0.25, -0.2) is 8.78 Å². The Bertz CT molecular complexity index is 537. The van der Waals surface area contributed by atoms with Gasteiger partial charge in [0.2, 0.25) is 0 Å². The minimum absolute atomic E-state index is 0.110. The quantitative estimate of drug-likeness (QED) is 0.720. The highest BCUT2D eigenvalue weighted by Gasteiger charge is 2.26. The third-order valence-electron chi connectivity index (χ3n) is 3.48. The maximum atomic E-state index is 13.9. The van der Waals surface area contributed by atoms with Crippen molar-refractivity contribution >= 4 is 6.08 Å². The first-order valence-electron chi connectivity index (χ1n) is 7.28. The maximum Gasteiger partial charge on any atom is 0.409 e. The fraction of sp³-hybridized carbons (Fsp3) is 0.500. The number of allylic oxidation sites excluding steroid dienone is 1. The van der Waals surface area contributed by atoms with Crippen LogP contribution < -0.4 is 0 Å². The smallest absolute Gasteiger partial charge is 0.348 e. The lowest BCUT2D eigenvalue weighted by Gasteiger charge is -2.29. The SMILES string of the molecule is CCCC1COC(c2cc(F)c(C=CC(F)(F)F)c(F)c2)OC1. The molecule has 0 saturated carbocycles. The molecule has 0 aromatic heterocycles. The van der Waals surface area contributed by atoms with Gasteiger partial charge in [-0.2, -0.15) is 13.2 Å². The third kappa shape index (κ3) is 5.00. The molecule has 1 fully saturated rings. The molecular weight excluding hydrogens is 319 g/mol. The second-order valence-corrected chi connectivity index (χ2v) is 5.43. The summed E-state index contributed by atoms with van der Waals surface area (Å²) in [6.07, 6.45) is -3.48. The molecular formula is C16H17F5O2. The van der Waals surface area contributed by atoms with Crippen LogP contribution in [0.5, 0.6) is 0 Å². The van der Waals surface area contributed by atoms with E-state index in [1.807, 2.05) is 6.92 Å². The van der Waals surface area contributed by atoms with Gasteiger partial charge >= 0.3 is 6.18 Å². The highest BCUT2D eigenvalue weighted by atomic mass is 19.4. The standard InChI is InChI=1S/C16H17F5O2/c1-2-3-10-8-22-15(23-9-10)11-6-13(17)12(14(18)7-11)4-5-16(19,20)21/h4-7,10,15H,2-3,8-9H2,1H3. The summed E-state index contributed by atoms with van der Waals surface area (Å²) in [5, 5.41) is 0. The van der Waals surface area contributed by atoms with E-state index in [1.165, 1.54) is 0 Å². The van der Waals surface area contributed by atoms with Crippen molar-refractivity contribution in [2.24, 2.45) is 5.92 Å². The number of rotatable bonds is 4. The van der Waals surface area contributed by atoms with E-state index in [0.29, 0.717) is 19.3 Å². The van der Waals surface area contributed by atoms with Crippen LogP contribution in [0.1, 0.15) is 37.2 Å². The van der Waals surface area contributed by atoms with Crippen molar-refractivity contribution in [1.82, 2.24) is 0 Å². The Hall–Kier alpha value is -1.47. The van der Waals surface area contributed by atoms with Crippen molar-refractivity contribution < 1.29 is 31.4 Å². The number of alkyl halides is 3. The van der Waals surface area contributed by atoms with Crippen LogP contribution in [0.25, 0.3) is 6.08 Å². The van der Waals surface area contributed by atoms with Crippen molar-refractivity contribution in [1.29, 1.82) is 0 Å². The topological polar surface area (TPSA) is 18.5 Å². The van der Waals surface area contributed by atoms with E-state index < -0.39 is 29.7 Å². The molecule has 0 atom stereocenters. The van der Waals surface area contributed by atoms with Gasteiger partial charge in [0.15, 0.2) is 6.29 Å². The third-order valence-corrected chi connectivity index (χ3v) is 3.48. The molecule has 1 aromatic carbocycles. The van der Waals surface area contributed by atoms with Crippen LogP contribution in [0.4, 0.5) is 22.0 Å². The zero-order valence-corrected chi connectivity index (χ0v) is 12.5. The van der Waals surface area contributed by atoms with Crippen molar-refractivity contribution in [3.8, 4) is 0 Å². The van der Waals surface area contributed by atoms with E-state index in [0.717, 1.165) is 25.0 Å². The molecule has 7 heteroatoms. The van der Waals surface area contributed by atoms with Crippen LogP contribution in [-0.4, -0.2) is 19.4 Å². The van der Waals surface area contributed by atoms with Gasteiger partial charge in [0.1, 0.15) is 11.6 Å². The molecule has 1 saturated heterocycles. The van der Waals surface area contributed by atoms with E-state index in [2.05, 4.69) is 0 Å². The Morgan fingerprint density at radius 3 is 2.17 bits per heavy atom. The Morgan fingerprint density at radius 2 is 1.70 bits per heavy atom. The fourth-order valence-corrected chi connectivity index (χ4v) is 2.39. The number of hydrogen-bond acceptors (Lipinski definition) is 2. The monoisotopic (exact) mass is 336 g/mol. The summed E-state index contributed by atoms with van der Waals surface area (Å²) in [4.78, 5) is 0.